The lowest BCUT2D eigenvalue weighted by atomic mass is 9.82. The van der Waals surface area contributed by atoms with Gasteiger partial charge in [0.15, 0.2) is 0 Å². The molecule has 0 bridgehead atoms. The van der Waals surface area contributed by atoms with E-state index in [4.69, 9.17) is 4.74 Å². The Kier molecular flexibility index (Phi) is 8.96. The van der Waals surface area contributed by atoms with Crippen LogP contribution in [0.25, 0.3) is 0 Å². The van der Waals surface area contributed by atoms with Crippen molar-refractivity contribution in [1.82, 2.24) is 0 Å². The van der Waals surface area contributed by atoms with Gasteiger partial charge in [-0.1, -0.05) is 73.8 Å². The monoisotopic (exact) mass is 468 g/mol. The molecule has 1 aromatic rings. The van der Waals surface area contributed by atoms with E-state index in [1.165, 1.54) is 5.56 Å². The summed E-state index contributed by atoms with van der Waals surface area (Å²) in [5.74, 6) is 0.707. The average Bonchev–Trinajstić information content (AvgIpc) is 2.44. The normalized spacial score (nSPS) is 12.1. The third kappa shape index (κ3) is 5.78. The first kappa shape index (κ1) is 18.7. The SMILES string of the molecule is CC(C)CCOCCC(CBr)(CBr)c1ccc(Br)cc1. The Morgan fingerprint density at radius 3 is 2.15 bits per heavy atom. The van der Waals surface area contributed by atoms with E-state index in [2.05, 4.69) is 85.9 Å². The minimum Gasteiger partial charge on any atom is -0.381 e. The van der Waals surface area contributed by atoms with E-state index >= 15 is 0 Å². The van der Waals surface area contributed by atoms with Crippen LogP contribution in [0.4, 0.5) is 0 Å². The zero-order valence-electron chi connectivity index (χ0n) is 12.2. The van der Waals surface area contributed by atoms with Crippen molar-refractivity contribution in [3.8, 4) is 0 Å². The van der Waals surface area contributed by atoms with Crippen LogP contribution in [0.2, 0.25) is 0 Å². The van der Waals surface area contributed by atoms with Gasteiger partial charge in [-0.15, -0.1) is 0 Å². The van der Waals surface area contributed by atoms with Gasteiger partial charge in [0, 0.05) is 33.8 Å². The molecule has 0 unspecified atom stereocenters. The number of alkyl halides is 2. The highest BCUT2D eigenvalue weighted by Crippen LogP contribution is 2.33. The fraction of sp³-hybridized carbons (Fsp3) is 0.625. The van der Waals surface area contributed by atoms with E-state index in [0.717, 1.165) is 41.2 Å². The first-order chi connectivity index (χ1) is 9.54. The molecule has 0 fully saturated rings. The molecule has 0 saturated heterocycles. The van der Waals surface area contributed by atoms with E-state index in [1.54, 1.807) is 0 Å². The predicted molar refractivity (Wildman–Crippen MR) is 98.3 cm³/mol. The number of halogens is 3. The molecule has 0 aromatic heterocycles. The number of hydrogen-bond acceptors (Lipinski definition) is 1. The average molecular weight is 471 g/mol. The summed E-state index contributed by atoms with van der Waals surface area (Å²) >= 11 is 10.9. The second kappa shape index (κ2) is 9.60. The van der Waals surface area contributed by atoms with Crippen LogP contribution in [0.3, 0.4) is 0 Å². The van der Waals surface area contributed by atoms with Crippen LogP contribution >= 0.6 is 47.8 Å². The third-order valence-electron chi connectivity index (χ3n) is 3.53. The number of benzene rings is 1. The molecule has 4 heteroatoms. The van der Waals surface area contributed by atoms with Crippen molar-refractivity contribution >= 4 is 47.8 Å². The zero-order chi connectivity index (χ0) is 15.0. The van der Waals surface area contributed by atoms with Crippen molar-refractivity contribution in [1.29, 1.82) is 0 Å². The summed E-state index contributed by atoms with van der Waals surface area (Å²) in [6.45, 7) is 6.12. The molecule has 1 nitrogen and oxygen atoms in total. The minimum atomic E-state index is 0.0958. The maximum atomic E-state index is 5.80. The molecule has 20 heavy (non-hydrogen) atoms. The van der Waals surface area contributed by atoms with E-state index in [9.17, 15) is 0 Å². The topological polar surface area (TPSA) is 9.23 Å². The molecule has 0 atom stereocenters. The van der Waals surface area contributed by atoms with Crippen LogP contribution in [-0.2, 0) is 10.2 Å². The molecule has 0 N–H and O–H groups in total. The molecular formula is C16H23Br3O. The van der Waals surface area contributed by atoms with Gasteiger partial charge in [-0.3, -0.25) is 0 Å². The summed E-state index contributed by atoms with van der Waals surface area (Å²) in [5, 5.41) is 1.86. The second-order valence-electron chi connectivity index (χ2n) is 5.60. The first-order valence-corrected chi connectivity index (χ1v) is 10.0. The van der Waals surface area contributed by atoms with Gasteiger partial charge in [-0.25, -0.2) is 0 Å². The lowest BCUT2D eigenvalue weighted by Gasteiger charge is -2.30. The smallest absolute Gasteiger partial charge is 0.0475 e. The minimum absolute atomic E-state index is 0.0958. The Morgan fingerprint density at radius 1 is 1.05 bits per heavy atom. The molecule has 1 aromatic carbocycles. The van der Waals surface area contributed by atoms with Gasteiger partial charge in [0.05, 0.1) is 0 Å². The van der Waals surface area contributed by atoms with E-state index in [-0.39, 0.29) is 5.41 Å². The highest BCUT2D eigenvalue weighted by Gasteiger charge is 2.29. The van der Waals surface area contributed by atoms with Crippen molar-refractivity contribution in [3.05, 3.63) is 34.3 Å². The number of rotatable bonds is 9. The number of ether oxygens (including phenoxy) is 1. The van der Waals surface area contributed by atoms with Crippen LogP contribution in [0.1, 0.15) is 32.3 Å². The predicted octanol–water partition coefficient (Wildman–Crippen LogP) is 5.93. The highest BCUT2D eigenvalue weighted by molar-refractivity contribution is 9.10. The molecule has 0 aliphatic heterocycles. The summed E-state index contributed by atoms with van der Waals surface area (Å²) in [6, 6.07) is 8.60. The van der Waals surface area contributed by atoms with Gasteiger partial charge in [-0.2, -0.15) is 0 Å². The molecule has 0 aliphatic carbocycles. The summed E-state index contributed by atoms with van der Waals surface area (Å²) in [5.41, 5.74) is 1.44. The lowest BCUT2D eigenvalue weighted by molar-refractivity contribution is 0.110. The van der Waals surface area contributed by atoms with Crippen LogP contribution in [0, 0.1) is 5.92 Å². The van der Waals surface area contributed by atoms with Gasteiger partial charge in [0.25, 0.3) is 0 Å². The molecule has 0 spiro atoms. The molecule has 0 heterocycles. The Labute approximate surface area is 148 Å². The van der Waals surface area contributed by atoms with Crippen LogP contribution in [-0.4, -0.2) is 23.9 Å². The second-order valence-corrected chi connectivity index (χ2v) is 7.64. The van der Waals surface area contributed by atoms with Crippen LogP contribution in [0.5, 0.6) is 0 Å². The Bertz CT molecular complexity index is 372. The van der Waals surface area contributed by atoms with E-state index in [0.29, 0.717) is 5.92 Å². The van der Waals surface area contributed by atoms with Crippen LogP contribution < -0.4 is 0 Å². The van der Waals surface area contributed by atoms with E-state index < -0.39 is 0 Å². The molecule has 0 amide bonds. The van der Waals surface area contributed by atoms with Crippen LogP contribution in [0.15, 0.2) is 28.7 Å². The zero-order valence-corrected chi connectivity index (χ0v) is 16.9. The summed E-state index contributed by atoms with van der Waals surface area (Å²) in [7, 11) is 0. The molecule has 114 valence electrons. The Hall–Kier alpha value is 0.620. The van der Waals surface area contributed by atoms with Crippen molar-refractivity contribution < 1.29 is 4.74 Å². The Balaban J connectivity index is 2.60. The first-order valence-electron chi connectivity index (χ1n) is 7.00. The van der Waals surface area contributed by atoms with Gasteiger partial charge in [-0.05, 0) is 36.5 Å². The molecule has 0 radical (unpaired) electrons. The largest absolute Gasteiger partial charge is 0.381 e. The van der Waals surface area contributed by atoms with Gasteiger partial charge in [0.2, 0.25) is 0 Å². The van der Waals surface area contributed by atoms with Gasteiger partial charge < -0.3 is 4.74 Å². The van der Waals surface area contributed by atoms with E-state index in [1.807, 2.05) is 0 Å². The van der Waals surface area contributed by atoms with Gasteiger partial charge >= 0.3 is 0 Å². The molecule has 0 aliphatic rings. The Morgan fingerprint density at radius 2 is 1.65 bits per heavy atom. The van der Waals surface area contributed by atoms with Crippen molar-refractivity contribution in [3.63, 3.8) is 0 Å². The highest BCUT2D eigenvalue weighted by atomic mass is 79.9. The maximum absolute atomic E-state index is 5.80. The fourth-order valence-electron chi connectivity index (χ4n) is 1.96. The molecule has 0 saturated carbocycles. The molecule has 1 rings (SSSR count). The quantitative estimate of drug-likeness (QED) is 0.321. The van der Waals surface area contributed by atoms with Crippen molar-refractivity contribution in [2.24, 2.45) is 5.92 Å². The van der Waals surface area contributed by atoms with Crippen molar-refractivity contribution in [2.75, 3.05) is 23.9 Å². The van der Waals surface area contributed by atoms with Gasteiger partial charge in [0.1, 0.15) is 0 Å². The lowest BCUT2D eigenvalue weighted by Crippen LogP contribution is -2.32. The maximum Gasteiger partial charge on any atom is 0.0475 e. The fourth-order valence-corrected chi connectivity index (χ4v) is 4.36. The summed E-state index contributed by atoms with van der Waals surface area (Å²) in [4.78, 5) is 0. The standard InChI is InChI=1S/C16H23Br3O/c1-13(2)7-9-20-10-8-16(11-17,12-18)14-3-5-15(19)6-4-14/h3-6,13H,7-12H2,1-2H3. The third-order valence-corrected chi connectivity index (χ3v) is 6.21. The summed E-state index contributed by atoms with van der Waals surface area (Å²) < 4.78 is 6.92. The molecular weight excluding hydrogens is 448 g/mol. The van der Waals surface area contributed by atoms with Crippen molar-refractivity contribution in [2.45, 2.75) is 32.1 Å². The summed E-state index contributed by atoms with van der Waals surface area (Å²) in [6.07, 6.45) is 2.15. The number of hydrogen-bond donors (Lipinski definition) is 0.